The van der Waals surface area contributed by atoms with Gasteiger partial charge in [-0.2, -0.15) is 0 Å². The first kappa shape index (κ1) is 37.5. The van der Waals surface area contributed by atoms with Crippen molar-refractivity contribution in [3.05, 3.63) is 140 Å². The Kier molecular flexibility index (Phi) is 16.3. The van der Waals surface area contributed by atoms with E-state index in [1.165, 1.54) is 39.9 Å². The van der Waals surface area contributed by atoms with Gasteiger partial charge < -0.3 is 4.42 Å². The van der Waals surface area contributed by atoms with Crippen LogP contribution in [-0.2, 0) is 6.42 Å². The van der Waals surface area contributed by atoms with Crippen LogP contribution in [0.5, 0.6) is 0 Å². The van der Waals surface area contributed by atoms with E-state index in [2.05, 4.69) is 84.9 Å². The zero-order chi connectivity index (χ0) is 34.0. The first-order valence-corrected chi connectivity index (χ1v) is 17.7. The molecular weight excluding hydrogens is 572 g/mol. The van der Waals surface area contributed by atoms with Gasteiger partial charge in [-0.15, -0.1) is 0 Å². The van der Waals surface area contributed by atoms with Gasteiger partial charge >= 0.3 is 0 Å². The number of rotatable bonds is 18. The topological polar surface area (TPSA) is 30.2 Å². The molecule has 0 aliphatic carbocycles. The molecule has 0 N–H and O–H groups in total. The third-order valence-corrected chi connectivity index (χ3v) is 8.80. The molecule has 0 unspecified atom stereocenters. The second-order valence-electron chi connectivity index (χ2n) is 13.5. The molecule has 0 saturated carbocycles. The molecule has 0 aliphatic rings. The number of hydrogen-bond acceptors (Lipinski definition) is 2. The van der Waals surface area contributed by atoms with E-state index in [0.717, 1.165) is 68.9 Å². The Bertz CT molecular complexity index is 1660. The van der Waals surface area contributed by atoms with Gasteiger partial charge in [-0.25, -0.2) is 0 Å². The van der Waals surface area contributed by atoms with Crippen molar-refractivity contribution in [2.45, 2.75) is 119 Å². The molecule has 0 fully saturated rings. The fraction of sp³-hybridized carbons (Fsp3) is 0.400. The van der Waals surface area contributed by atoms with E-state index in [1.54, 1.807) is 0 Å². The second-order valence-corrected chi connectivity index (χ2v) is 13.5. The Hall–Kier alpha value is -3.91. The lowest BCUT2D eigenvalue weighted by atomic mass is 10.00. The van der Waals surface area contributed by atoms with Gasteiger partial charge in [-0.1, -0.05) is 112 Å². The van der Waals surface area contributed by atoms with Gasteiger partial charge in [0.25, 0.3) is 0 Å². The molecule has 0 atom stereocenters. The van der Waals surface area contributed by atoms with E-state index in [9.17, 15) is 4.79 Å². The summed E-state index contributed by atoms with van der Waals surface area (Å²) in [7, 11) is 0. The minimum atomic E-state index is 0.0595. The van der Waals surface area contributed by atoms with E-state index in [1.807, 2.05) is 54.6 Å². The maximum atomic E-state index is 13.5. The lowest BCUT2D eigenvalue weighted by Gasteiger charge is -2.09. The summed E-state index contributed by atoms with van der Waals surface area (Å²) in [5, 5.41) is 0.641. The van der Waals surface area contributed by atoms with Gasteiger partial charge in [0.1, 0.15) is 11.3 Å². The zero-order valence-electron chi connectivity index (χ0n) is 30.3. The molecule has 3 aromatic rings. The number of fused-ring (bicyclic) bond motifs is 1. The smallest absolute Gasteiger partial charge is 0.196 e. The van der Waals surface area contributed by atoms with E-state index in [-0.39, 0.29) is 5.43 Å². The van der Waals surface area contributed by atoms with Crippen molar-refractivity contribution >= 4 is 11.0 Å². The summed E-state index contributed by atoms with van der Waals surface area (Å²) in [4.78, 5) is 13.5. The molecule has 2 heteroatoms. The SMILES string of the molecule is CC(C)=CCC/C(C)=C/CCC(C)=CCC/C(C)=C/CCC(C)=CCC/C(C)=C/Cc1c(-c2ccccc2)oc2ccccc2c1=O. The average Bonchev–Trinajstić information content (AvgIpc) is 3.04. The van der Waals surface area contributed by atoms with Crippen LogP contribution in [0.2, 0.25) is 0 Å². The predicted octanol–water partition coefficient (Wildman–Crippen LogP) is 13.6. The van der Waals surface area contributed by atoms with Crippen molar-refractivity contribution in [2.24, 2.45) is 0 Å². The van der Waals surface area contributed by atoms with E-state index in [4.69, 9.17) is 4.42 Å². The van der Waals surface area contributed by atoms with Crippen LogP contribution in [0.4, 0.5) is 0 Å². The molecule has 2 aromatic carbocycles. The molecule has 0 spiro atoms. The molecule has 0 bridgehead atoms. The average molecular weight is 631 g/mol. The van der Waals surface area contributed by atoms with Gasteiger partial charge in [0, 0.05) is 11.1 Å². The van der Waals surface area contributed by atoms with Crippen LogP contribution in [0.25, 0.3) is 22.3 Å². The van der Waals surface area contributed by atoms with Crippen molar-refractivity contribution in [3.63, 3.8) is 0 Å². The fourth-order valence-corrected chi connectivity index (χ4v) is 5.75. The molecular formula is C45H58O2. The number of allylic oxidation sites excluding steroid dienone is 12. The Morgan fingerprint density at radius 2 is 0.957 bits per heavy atom. The van der Waals surface area contributed by atoms with Crippen molar-refractivity contribution in [3.8, 4) is 11.3 Å². The molecule has 250 valence electrons. The van der Waals surface area contributed by atoms with Gasteiger partial charge in [-0.05, 0) is 131 Å². The minimum Gasteiger partial charge on any atom is -0.456 e. The van der Waals surface area contributed by atoms with Gasteiger partial charge in [0.2, 0.25) is 0 Å². The first-order chi connectivity index (χ1) is 22.6. The number of benzene rings is 2. The normalized spacial score (nSPS) is 13.4. The maximum Gasteiger partial charge on any atom is 0.196 e. The number of hydrogen-bond donors (Lipinski definition) is 0. The molecule has 0 amide bonds. The fourth-order valence-electron chi connectivity index (χ4n) is 5.75. The standard InChI is InChI=1S/C45H58O2/c1-34(2)18-13-19-35(3)20-14-21-36(4)22-15-23-37(5)24-16-25-38(6)26-17-27-39(7)32-33-42-44(46)41-30-11-12-31-43(41)47-45(42)40-28-9-8-10-29-40/h8-12,18,20,22,24,26,28-32H,13-17,19,21,23,25,27,33H2,1-7H3/b35-20+,36-22?,37-24+,38-26?,39-32+. The Balaban J connectivity index is 1.43. The molecule has 1 heterocycles. The summed E-state index contributed by atoms with van der Waals surface area (Å²) < 4.78 is 6.28. The zero-order valence-corrected chi connectivity index (χ0v) is 30.3. The molecule has 1 aromatic heterocycles. The Morgan fingerprint density at radius 1 is 0.532 bits per heavy atom. The number of para-hydroxylation sites is 1. The third kappa shape index (κ3) is 13.8. The lowest BCUT2D eigenvalue weighted by molar-refractivity contribution is 0.612. The van der Waals surface area contributed by atoms with Crippen LogP contribution >= 0.6 is 0 Å². The van der Waals surface area contributed by atoms with Gasteiger partial charge in [0.05, 0.1) is 5.39 Å². The molecule has 2 nitrogen and oxygen atoms in total. The Morgan fingerprint density at radius 3 is 1.45 bits per heavy atom. The van der Waals surface area contributed by atoms with Crippen molar-refractivity contribution in [1.82, 2.24) is 0 Å². The summed E-state index contributed by atoms with van der Waals surface area (Å²) in [6.07, 6.45) is 25.9. The maximum absolute atomic E-state index is 13.5. The highest BCUT2D eigenvalue weighted by molar-refractivity contribution is 5.80. The lowest BCUT2D eigenvalue weighted by Crippen LogP contribution is -2.10. The largest absolute Gasteiger partial charge is 0.456 e. The minimum absolute atomic E-state index is 0.0595. The van der Waals surface area contributed by atoms with Crippen molar-refractivity contribution in [1.29, 1.82) is 0 Å². The second kappa shape index (κ2) is 20.4. The van der Waals surface area contributed by atoms with E-state index < -0.39 is 0 Å². The quantitative estimate of drug-likeness (QED) is 0.131. The molecule has 0 aliphatic heterocycles. The molecule has 3 rings (SSSR count). The van der Waals surface area contributed by atoms with Crippen LogP contribution < -0.4 is 5.43 Å². The van der Waals surface area contributed by atoms with Gasteiger partial charge in [0.15, 0.2) is 5.43 Å². The van der Waals surface area contributed by atoms with Crippen molar-refractivity contribution < 1.29 is 4.42 Å². The summed E-state index contributed by atoms with van der Waals surface area (Å²) in [5.41, 5.74) is 11.0. The Labute approximate surface area is 285 Å². The highest BCUT2D eigenvalue weighted by Crippen LogP contribution is 2.27. The summed E-state index contributed by atoms with van der Waals surface area (Å²) in [6, 6.07) is 17.5. The highest BCUT2D eigenvalue weighted by atomic mass is 16.3. The van der Waals surface area contributed by atoms with Crippen LogP contribution in [0, 0.1) is 0 Å². The first-order valence-electron chi connectivity index (χ1n) is 17.7. The van der Waals surface area contributed by atoms with Gasteiger partial charge in [-0.3, -0.25) is 4.79 Å². The molecule has 0 saturated heterocycles. The highest BCUT2D eigenvalue weighted by Gasteiger charge is 2.15. The predicted molar refractivity (Wildman–Crippen MR) is 206 cm³/mol. The summed E-state index contributed by atoms with van der Waals surface area (Å²) in [5.74, 6) is 0.674. The summed E-state index contributed by atoms with van der Waals surface area (Å²) in [6.45, 7) is 15.6. The molecule has 47 heavy (non-hydrogen) atoms. The van der Waals surface area contributed by atoms with Crippen molar-refractivity contribution in [2.75, 3.05) is 0 Å². The molecule has 0 radical (unpaired) electrons. The monoisotopic (exact) mass is 630 g/mol. The van der Waals surface area contributed by atoms with Crippen LogP contribution in [0.3, 0.4) is 0 Å². The van der Waals surface area contributed by atoms with Crippen LogP contribution in [0.1, 0.15) is 118 Å². The summed E-state index contributed by atoms with van der Waals surface area (Å²) >= 11 is 0. The van der Waals surface area contributed by atoms with Crippen LogP contribution in [0.15, 0.2) is 134 Å². The van der Waals surface area contributed by atoms with E-state index >= 15 is 0 Å². The van der Waals surface area contributed by atoms with Crippen LogP contribution in [-0.4, -0.2) is 0 Å². The van der Waals surface area contributed by atoms with E-state index in [0.29, 0.717) is 23.2 Å². The third-order valence-electron chi connectivity index (χ3n) is 8.80.